The summed E-state index contributed by atoms with van der Waals surface area (Å²) in [7, 11) is -3.91. The van der Waals surface area contributed by atoms with Crippen molar-refractivity contribution < 1.29 is 17.6 Å². The molecule has 1 N–H and O–H groups in total. The van der Waals surface area contributed by atoms with Crippen LogP contribution in [0, 0.1) is 19.7 Å². The van der Waals surface area contributed by atoms with Gasteiger partial charge in [0.2, 0.25) is 5.91 Å². The van der Waals surface area contributed by atoms with Crippen molar-refractivity contribution in [3.63, 3.8) is 0 Å². The van der Waals surface area contributed by atoms with Crippen molar-refractivity contribution in [3.05, 3.63) is 53.3 Å². The predicted octanol–water partition coefficient (Wildman–Crippen LogP) is 3.76. The van der Waals surface area contributed by atoms with Crippen LogP contribution in [-0.4, -0.2) is 20.4 Å². The summed E-state index contributed by atoms with van der Waals surface area (Å²) in [6, 6.07) is 8.60. The quantitative estimate of drug-likeness (QED) is 0.864. The van der Waals surface area contributed by atoms with Gasteiger partial charge >= 0.3 is 0 Å². The van der Waals surface area contributed by atoms with Gasteiger partial charge in [-0.3, -0.25) is 9.52 Å². The van der Waals surface area contributed by atoms with E-state index in [-0.39, 0.29) is 22.5 Å². The number of sulfonamides is 1. The maximum atomic E-state index is 13.8. The zero-order chi connectivity index (χ0) is 19.1. The van der Waals surface area contributed by atoms with Gasteiger partial charge in [-0.25, -0.2) is 12.8 Å². The highest BCUT2D eigenvalue weighted by Crippen LogP contribution is 2.37. The maximum Gasteiger partial charge on any atom is 0.261 e. The molecule has 1 aliphatic rings. The number of aryl methyl sites for hydroxylation is 2. The number of hydrogen-bond donors (Lipinski definition) is 1. The fourth-order valence-electron chi connectivity index (χ4n) is 2.84. The Kier molecular flexibility index (Phi) is 4.75. The molecule has 0 heterocycles. The number of carbonyl (C=O) groups is 1. The Labute approximate surface area is 152 Å². The van der Waals surface area contributed by atoms with Gasteiger partial charge < -0.3 is 4.90 Å². The summed E-state index contributed by atoms with van der Waals surface area (Å²) in [6.07, 6.45) is 1.70. The molecular weight excluding hydrogens is 355 g/mol. The van der Waals surface area contributed by atoms with E-state index < -0.39 is 15.8 Å². The number of rotatable bonds is 5. The van der Waals surface area contributed by atoms with Crippen LogP contribution >= 0.6 is 0 Å². The largest absolute Gasteiger partial charge is 0.308 e. The van der Waals surface area contributed by atoms with E-state index in [1.165, 1.54) is 30.0 Å². The lowest BCUT2D eigenvalue weighted by atomic mass is 10.1. The third-order valence-electron chi connectivity index (χ3n) is 4.50. The van der Waals surface area contributed by atoms with Gasteiger partial charge in [-0.2, -0.15) is 0 Å². The Morgan fingerprint density at radius 1 is 1.12 bits per heavy atom. The van der Waals surface area contributed by atoms with E-state index in [1.54, 1.807) is 12.1 Å². The molecule has 2 aromatic carbocycles. The van der Waals surface area contributed by atoms with Gasteiger partial charge in [0.1, 0.15) is 5.82 Å². The van der Waals surface area contributed by atoms with Crippen LogP contribution in [0.3, 0.4) is 0 Å². The first-order valence-corrected chi connectivity index (χ1v) is 9.87. The molecule has 5 nitrogen and oxygen atoms in total. The smallest absolute Gasteiger partial charge is 0.261 e. The molecule has 0 unspecified atom stereocenters. The van der Waals surface area contributed by atoms with Gasteiger partial charge in [-0.05, 0) is 62.1 Å². The van der Waals surface area contributed by atoms with Crippen LogP contribution in [0.1, 0.15) is 30.9 Å². The van der Waals surface area contributed by atoms with Crippen LogP contribution in [0.2, 0.25) is 0 Å². The Morgan fingerprint density at radius 2 is 1.81 bits per heavy atom. The van der Waals surface area contributed by atoms with E-state index in [9.17, 15) is 17.6 Å². The van der Waals surface area contributed by atoms with Crippen molar-refractivity contribution in [3.8, 4) is 0 Å². The lowest BCUT2D eigenvalue weighted by Crippen LogP contribution is -2.31. The summed E-state index contributed by atoms with van der Waals surface area (Å²) in [5.41, 5.74) is 2.25. The van der Waals surface area contributed by atoms with E-state index in [4.69, 9.17) is 0 Å². The molecule has 3 rings (SSSR count). The van der Waals surface area contributed by atoms with Crippen molar-refractivity contribution in [1.82, 2.24) is 0 Å². The van der Waals surface area contributed by atoms with Crippen molar-refractivity contribution in [2.75, 3.05) is 9.62 Å². The molecule has 1 fully saturated rings. The van der Waals surface area contributed by atoms with Gasteiger partial charge in [-0.1, -0.05) is 6.07 Å². The minimum absolute atomic E-state index is 0.0304. The number of nitrogens with one attached hydrogen (secondary N) is 1. The number of halogens is 1. The highest BCUT2D eigenvalue weighted by atomic mass is 32.2. The number of hydrogen-bond acceptors (Lipinski definition) is 3. The first-order valence-electron chi connectivity index (χ1n) is 8.38. The third kappa shape index (κ3) is 3.72. The molecule has 0 aromatic heterocycles. The molecule has 26 heavy (non-hydrogen) atoms. The van der Waals surface area contributed by atoms with Crippen molar-refractivity contribution >= 4 is 27.3 Å². The van der Waals surface area contributed by atoms with Crippen molar-refractivity contribution in [2.24, 2.45) is 0 Å². The fraction of sp³-hybridized carbons (Fsp3) is 0.316. The SMILES string of the molecule is CC(=O)N(c1ccc(F)cc1NS(=O)(=O)c1ccc(C)c(C)c1)C1CC1. The second kappa shape index (κ2) is 6.72. The van der Waals surface area contributed by atoms with E-state index in [0.717, 1.165) is 30.0 Å². The zero-order valence-corrected chi connectivity index (χ0v) is 15.7. The molecule has 0 spiro atoms. The summed E-state index contributed by atoms with van der Waals surface area (Å²) < 4.78 is 41.8. The van der Waals surface area contributed by atoms with Crippen LogP contribution in [0.5, 0.6) is 0 Å². The summed E-state index contributed by atoms with van der Waals surface area (Å²) in [4.78, 5) is 13.7. The predicted molar refractivity (Wildman–Crippen MR) is 99.3 cm³/mol. The van der Waals surface area contributed by atoms with Crippen molar-refractivity contribution in [2.45, 2.75) is 44.6 Å². The minimum Gasteiger partial charge on any atom is -0.308 e. The molecular formula is C19H21FN2O3S. The Balaban J connectivity index is 2.02. The number of amides is 1. The van der Waals surface area contributed by atoms with Crippen LogP contribution in [0.4, 0.5) is 15.8 Å². The number of anilines is 2. The number of benzene rings is 2. The zero-order valence-electron chi connectivity index (χ0n) is 14.9. The third-order valence-corrected chi connectivity index (χ3v) is 5.87. The lowest BCUT2D eigenvalue weighted by molar-refractivity contribution is -0.116. The van der Waals surface area contributed by atoms with Gasteiger partial charge in [0.25, 0.3) is 10.0 Å². The number of carbonyl (C=O) groups excluding carboxylic acids is 1. The molecule has 0 saturated heterocycles. The summed E-state index contributed by atoms with van der Waals surface area (Å²) in [5, 5.41) is 0. The van der Waals surface area contributed by atoms with E-state index in [1.807, 2.05) is 13.8 Å². The average molecular weight is 376 g/mol. The highest BCUT2D eigenvalue weighted by molar-refractivity contribution is 7.92. The molecule has 0 aliphatic heterocycles. The normalized spacial score (nSPS) is 14.2. The van der Waals surface area contributed by atoms with Crippen LogP contribution in [-0.2, 0) is 14.8 Å². The molecule has 0 radical (unpaired) electrons. The molecule has 1 amide bonds. The molecule has 2 aromatic rings. The molecule has 138 valence electrons. The van der Waals surface area contributed by atoms with E-state index in [2.05, 4.69) is 4.72 Å². The van der Waals surface area contributed by atoms with Crippen LogP contribution < -0.4 is 9.62 Å². The highest BCUT2D eigenvalue weighted by Gasteiger charge is 2.34. The average Bonchev–Trinajstić information content (AvgIpc) is 3.36. The monoisotopic (exact) mass is 376 g/mol. The number of nitrogens with zero attached hydrogens (tertiary/aromatic N) is 1. The fourth-order valence-corrected chi connectivity index (χ4v) is 3.99. The van der Waals surface area contributed by atoms with Gasteiger partial charge in [0.05, 0.1) is 16.3 Å². The second-order valence-electron chi connectivity index (χ2n) is 6.63. The first kappa shape index (κ1) is 18.4. The van der Waals surface area contributed by atoms with E-state index in [0.29, 0.717) is 5.69 Å². The molecule has 0 atom stereocenters. The van der Waals surface area contributed by atoms with Crippen molar-refractivity contribution in [1.29, 1.82) is 0 Å². The summed E-state index contributed by atoms with van der Waals surface area (Å²) in [5.74, 6) is -0.781. The van der Waals surface area contributed by atoms with Gasteiger partial charge in [0, 0.05) is 19.0 Å². The standard InChI is InChI=1S/C19H21FN2O3S/c1-12-4-8-17(10-13(12)2)26(24,25)21-18-11-15(20)5-9-19(18)22(14(3)23)16-6-7-16/h4-5,8-11,16,21H,6-7H2,1-3H3. The second-order valence-corrected chi connectivity index (χ2v) is 8.32. The first-order chi connectivity index (χ1) is 12.2. The van der Waals surface area contributed by atoms with Crippen LogP contribution in [0.25, 0.3) is 0 Å². The molecule has 0 bridgehead atoms. The van der Waals surface area contributed by atoms with Gasteiger partial charge in [0.15, 0.2) is 0 Å². The Morgan fingerprint density at radius 3 is 2.38 bits per heavy atom. The summed E-state index contributed by atoms with van der Waals surface area (Å²) in [6.45, 7) is 5.14. The molecule has 1 aliphatic carbocycles. The lowest BCUT2D eigenvalue weighted by Gasteiger charge is -2.24. The topological polar surface area (TPSA) is 66.5 Å². The Bertz CT molecular complexity index is 969. The minimum atomic E-state index is -3.91. The summed E-state index contributed by atoms with van der Waals surface area (Å²) >= 11 is 0. The van der Waals surface area contributed by atoms with E-state index >= 15 is 0 Å². The molecule has 1 saturated carbocycles. The van der Waals surface area contributed by atoms with Gasteiger partial charge in [-0.15, -0.1) is 0 Å². The molecule has 7 heteroatoms. The van der Waals surface area contributed by atoms with Crippen LogP contribution in [0.15, 0.2) is 41.3 Å². The Hall–Kier alpha value is -2.41. The maximum absolute atomic E-state index is 13.8.